The Kier molecular flexibility index (Phi) is 11.3. The zero-order valence-corrected chi connectivity index (χ0v) is 25.4. The van der Waals surface area contributed by atoms with Crippen LogP contribution in [0.4, 0.5) is 22.0 Å². The summed E-state index contributed by atoms with van der Waals surface area (Å²) in [6.45, 7) is 2.30. The Morgan fingerprint density at radius 3 is 2.56 bits per heavy atom. The number of nitrogens with zero attached hydrogens (tertiary/aromatic N) is 3. The fourth-order valence-electron chi connectivity index (χ4n) is 4.89. The number of nitrogens with two attached hydrogens (primary N) is 2. The lowest BCUT2D eigenvalue weighted by molar-refractivity contribution is -0.149. The van der Waals surface area contributed by atoms with Crippen molar-refractivity contribution in [1.82, 2.24) is 19.9 Å². The molecule has 0 saturated heterocycles. The molecule has 45 heavy (non-hydrogen) atoms. The molecule has 0 amide bonds. The molecule has 0 aliphatic carbocycles. The summed E-state index contributed by atoms with van der Waals surface area (Å²) in [4.78, 5) is 24.0. The fraction of sp³-hybridized carbons (Fsp3) is 0.387. The third-order valence-electron chi connectivity index (χ3n) is 7.52. The smallest absolute Gasteiger partial charge is 0.385 e. The number of benzene rings is 2. The van der Waals surface area contributed by atoms with Gasteiger partial charge in [0.15, 0.2) is 5.82 Å². The molecule has 242 valence electrons. The van der Waals surface area contributed by atoms with Crippen LogP contribution in [0, 0.1) is 5.82 Å². The van der Waals surface area contributed by atoms with Crippen LogP contribution in [-0.2, 0) is 13.0 Å². The van der Waals surface area contributed by atoms with E-state index in [9.17, 15) is 22.4 Å². The molecule has 0 fully saturated rings. The van der Waals surface area contributed by atoms with Gasteiger partial charge in [0, 0.05) is 36.3 Å². The highest BCUT2D eigenvalue weighted by molar-refractivity contribution is 6.31. The molecule has 0 aliphatic rings. The standard InChI is InChI=1S/C31H35ClF5N7O/c1-2-21(10-11-40-27(39)15-33)41-16-18-6-8-22(9-7-18)44-17-20-14-25(42-29(20)43-30(44)45)23-12-19(13-24(32)28(23)34)4-3-5-26(38)31(35,36)37/h6-9,12-14,17,21,26,41H,2-5,10-11,15-16,38H2,1H3,(H2,39,40)(H,42,43,45). The van der Waals surface area contributed by atoms with Gasteiger partial charge in [-0.25, -0.2) is 13.6 Å². The fourth-order valence-corrected chi connectivity index (χ4v) is 5.14. The number of alkyl halides is 4. The molecule has 2 aromatic heterocycles. The van der Waals surface area contributed by atoms with Crippen LogP contribution in [0.2, 0.25) is 5.02 Å². The van der Waals surface area contributed by atoms with Crippen LogP contribution in [0.5, 0.6) is 0 Å². The Bertz CT molecular complexity index is 1680. The molecule has 14 heteroatoms. The van der Waals surface area contributed by atoms with Gasteiger partial charge >= 0.3 is 11.9 Å². The van der Waals surface area contributed by atoms with E-state index in [1.54, 1.807) is 24.4 Å². The summed E-state index contributed by atoms with van der Waals surface area (Å²) >= 11 is 6.12. The predicted octanol–water partition coefficient (Wildman–Crippen LogP) is 5.97. The third-order valence-corrected chi connectivity index (χ3v) is 7.79. The number of aromatic nitrogens is 3. The van der Waals surface area contributed by atoms with E-state index in [4.69, 9.17) is 23.1 Å². The minimum absolute atomic E-state index is 0.00710. The highest BCUT2D eigenvalue weighted by Gasteiger charge is 2.35. The number of nitrogens with one attached hydrogen (secondary N) is 2. The highest BCUT2D eigenvalue weighted by atomic mass is 35.5. The van der Waals surface area contributed by atoms with Gasteiger partial charge in [0.05, 0.1) is 16.4 Å². The lowest BCUT2D eigenvalue weighted by Crippen LogP contribution is -2.37. The Balaban J connectivity index is 1.48. The van der Waals surface area contributed by atoms with Crippen LogP contribution in [-0.4, -0.2) is 51.9 Å². The minimum atomic E-state index is -4.48. The van der Waals surface area contributed by atoms with Gasteiger partial charge in [0.1, 0.15) is 24.2 Å². The molecule has 0 aliphatic heterocycles. The largest absolute Gasteiger partial charge is 0.403 e. The van der Waals surface area contributed by atoms with E-state index in [-0.39, 0.29) is 47.4 Å². The van der Waals surface area contributed by atoms with Crippen molar-refractivity contribution < 1.29 is 22.0 Å². The summed E-state index contributed by atoms with van der Waals surface area (Å²) in [7, 11) is 0. The lowest BCUT2D eigenvalue weighted by Gasteiger charge is -2.16. The van der Waals surface area contributed by atoms with Crippen molar-refractivity contribution in [2.75, 3.05) is 13.2 Å². The average Bonchev–Trinajstić information content (AvgIpc) is 3.42. The van der Waals surface area contributed by atoms with E-state index in [1.165, 1.54) is 16.7 Å². The summed E-state index contributed by atoms with van der Waals surface area (Å²) in [6.07, 6.45) is -1.24. The molecule has 2 heterocycles. The zero-order valence-electron chi connectivity index (χ0n) is 24.6. The summed E-state index contributed by atoms with van der Waals surface area (Å²) in [5.41, 5.74) is 12.8. The van der Waals surface area contributed by atoms with Crippen LogP contribution in [0.15, 0.2) is 58.4 Å². The number of aryl methyl sites for hydroxylation is 1. The van der Waals surface area contributed by atoms with E-state index >= 15 is 4.39 Å². The first-order valence-corrected chi connectivity index (χ1v) is 14.9. The van der Waals surface area contributed by atoms with Crippen molar-refractivity contribution in [3.63, 3.8) is 0 Å². The number of hydrogen-bond donors (Lipinski definition) is 4. The molecule has 4 rings (SSSR count). The van der Waals surface area contributed by atoms with Gasteiger partial charge in [-0.2, -0.15) is 18.2 Å². The number of hydrogen-bond acceptors (Lipinski definition) is 5. The van der Waals surface area contributed by atoms with Gasteiger partial charge in [0.2, 0.25) is 0 Å². The molecule has 4 aromatic rings. The van der Waals surface area contributed by atoms with Crippen molar-refractivity contribution in [1.29, 1.82) is 0 Å². The van der Waals surface area contributed by atoms with Crippen molar-refractivity contribution in [3.8, 4) is 16.9 Å². The van der Waals surface area contributed by atoms with E-state index in [0.717, 1.165) is 12.0 Å². The highest BCUT2D eigenvalue weighted by Crippen LogP contribution is 2.32. The second-order valence-electron chi connectivity index (χ2n) is 10.8. The van der Waals surface area contributed by atoms with Crippen LogP contribution < -0.4 is 22.5 Å². The average molecular weight is 652 g/mol. The Hall–Kier alpha value is -3.81. The summed E-state index contributed by atoms with van der Waals surface area (Å²) in [5.74, 6) is -0.715. The Morgan fingerprint density at radius 2 is 1.89 bits per heavy atom. The molecule has 2 unspecified atom stereocenters. The second kappa shape index (κ2) is 15.0. The normalized spacial score (nSPS) is 13.8. The molecule has 6 N–H and O–H groups in total. The van der Waals surface area contributed by atoms with Crippen LogP contribution in [0.1, 0.15) is 43.7 Å². The summed E-state index contributed by atoms with van der Waals surface area (Å²) in [5, 5.41) is 3.80. The number of fused-ring (bicyclic) bond motifs is 1. The van der Waals surface area contributed by atoms with Crippen molar-refractivity contribution in [2.24, 2.45) is 16.5 Å². The molecule has 0 radical (unpaired) electrons. The zero-order chi connectivity index (χ0) is 32.7. The van der Waals surface area contributed by atoms with Crippen molar-refractivity contribution in [2.45, 2.75) is 63.8 Å². The summed E-state index contributed by atoms with van der Waals surface area (Å²) in [6, 6.07) is 10.1. The molecule has 0 spiro atoms. The molecule has 2 atom stereocenters. The van der Waals surface area contributed by atoms with Gasteiger partial charge in [-0.15, -0.1) is 0 Å². The summed E-state index contributed by atoms with van der Waals surface area (Å²) < 4.78 is 67.2. The maximum Gasteiger partial charge on any atom is 0.403 e. The monoisotopic (exact) mass is 651 g/mol. The Morgan fingerprint density at radius 1 is 1.16 bits per heavy atom. The molecule has 0 bridgehead atoms. The first kappa shape index (κ1) is 34.1. The maximum absolute atomic E-state index is 15.1. The van der Waals surface area contributed by atoms with Gasteiger partial charge < -0.3 is 21.8 Å². The first-order chi connectivity index (χ1) is 21.4. The topological polar surface area (TPSA) is 127 Å². The van der Waals surface area contributed by atoms with Gasteiger partial charge in [0.25, 0.3) is 0 Å². The molecular formula is C31H35ClF5N7O. The van der Waals surface area contributed by atoms with E-state index in [0.29, 0.717) is 41.8 Å². The van der Waals surface area contributed by atoms with Crippen LogP contribution >= 0.6 is 11.6 Å². The molecule has 0 saturated carbocycles. The number of H-pyrrole nitrogens is 1. The first-order valence-electron chi connectivity index (χ1n) is 14.5. The Labute approximate surface area is 261 Å². The number of amidine groups is 1. The van der Waals surface area contributed by atoms with E-state index in [2.05, 4.69) is 20.3 Å². The van der Waals surface area contributed by atoms with Crippen LogP contribution in [0.25, 0.3) is 28.0 Å². The number of aliphatic imine (C=N–C) groups is 1. The maximum atomic E-state index is 15.1. The molecule has 2 aromatic carbocycles. The number of aromatic amines is 1. The van der Waals surface area contributed by atoms with Gasteiger partial charge in [-0.3, -0.25) is 9.56 Å². The second-order valence-corrected chi connectivity index (χ2v) is 11.2. The van der Waals surface area contributed by atoms with Gasteiger partial charge in [-0.05, 0) is 73.6 Å². The van der Waals surface area contributed by atoms with E-state index in [1.807, 2.05) is 19.1 Å². The van der Waals surface area contributed by atoms with Crippen molar-refractivity contribution >= 4 is 28.5 Å². The SMILES string of the molecule is CCC(CCN=C(N)CF)NCc1ccc(-n2cc3cc(-c4cc(CCCC(N)C(F)(F)F)cc(Cl)c4F)[nH]c3nc2=O)cc1. The number of halogens is 6. The lowest BCUT2D eigenvalue weighted by atomic mass is 10.0. The van der Waals surface area contributed by atoms with Crippen molar-refractivity contribution in [3.05, 3.63) is 81.1 Å². The van der Waals surface area contributed by atoms with Crippen LogP contribution in [0.3, 0.4) is 0 Å². The molecule has 8 nitrogen and oxygen atoms in total. The van der Waals surface area contributed by atoms with E-state index < -0.39 is 30.4 Å². The quantitative estimate of drug-likeness (QED) is 0.0759. The minimum Gasteiger partial charge on any atom is -0.385 e. The number of rotatable bonds is 14. The predicted molar refractivity (Wildman–Crippen MR) is 167 cm³/mol. The third kappa shape index (κ3) is 8.89. The van der Waals surface area contributed by atoms with Gasteiger partial charge in [-0.1, -0.05) is 30.7 Å². The molecular weight excluding hydrogens is 617 g/mol.